The van der Waals surface area contributed by atoms with E-state index < -0.39 is 11.7 Å². The van der Waals surface area contributed by atoms with E-state index in [2.05, 4.69) is 38.1 Å². The van der Waals surface area contributed by atoms with Crippen molar-refractivity contribution in [3.05, 3.63) is 80.8 Å². The van der Waals surface area contributed by atoms with Crippen LogP contribution in [0.4, 0.5) is 23.4 Å². The highest BCUT2D eigenvalue weighted by molar-refractivity contribution is 14.1. The van der Waals surface area contributed by atoms with Gasteiger partial charge in [-0.25, -0.2) is 9.37 Å². The number of alkyl halides is 3. The van der Waals surface area contributed by atoms with Crippen molar-refractivity contribution in [1.82, 2.24) is 4.98 Å². The minimum Gasteiger partial charge on any atom is -0.490 e. The normalized spacial score (nSPS) is 11.6. The van der Waals surface area contributed by atoms with E-state index in [1.54, 1.807) is 24.3 Å². The van der Waals surface area contributed by atoms with Gasteiger partial charge in [0.15, 0.2) is 11.5 Å². The van der Waals surface area contributed by atoms with E-state index in [4.69, 9.17) is 9.47 Å². The third-order valence-corrected chi connectivity index (χ3v) is 4.89. The van der Waals surface area contributed by atoms with E-state index >= 15 is 0 Å². The van der Waals surface area contributed by atoms with Gasteiger partial charge in [-0.2, -0.15) is 18.3 Å². The van der Waals surface area contributed by atoms with Crippen molar-refractivity contribution >= 4 is 34.6 Å². The van der Waals surface area contributed by atoms with Gasteiger partial charge in [-0.05, 0) is 77.0 Å². The highest BCUT2D eigenvalue weighted by Crippen LogP contribution is 2.34. The first-order valence-corrected chi connectivity index (χ1v) is 10.5. The molecule has 0 saturated heterocycles. The molecule has 0 radical (unpaired) electrons. The number of aromatic nitrogens is 1. The van der Waals surface area contributed by atoms with Crippen LogP contribution in [0.25, 0.3) is 0 Å². The Balaban J connectivity index is 1.71. The maximum atomic E-state index is 13.4. The fourth-order valence-electron chi connectivity index (χ4n) is 2.65. The summed E-state index contributed by atoms with van der Waals surface area (Å²) in [5, 5.41) is 4.02. The SMILES string of the molecule is CCOc1cc(/C=N\Nc2ccc(C(F)(F)F)cn2)cc(I)c1OCc1cccc(F)c1. The Morgan fingerprint density at radius 2 is 1.94 bits per heavy atom. The Morgan fingerprint density at radius 1 is 1.12 bits per heavy atom. The summed E-state index contributed by atoms with van der Waals surface area (Å²) in [6.07, 6.45) is -2.22. The average molecular weight is 559 g/mol. The summed E-state index contributed by atoms with van der Waals surface area (Å²) in [6.45, 7) is 2.41. The molecule has 1 heterocycles. The second-order valence-corrected chi connectivity index (χ2v) is 7.64. The van der Waals surface area contributed by atoms with Gasteiger partial charge in [-0.1, -0.05) is 12.1 Å². The van der Waals surface area contributed by atoms with E-state index in [1.807, 2.05) is 6.92 Å². The van der Waals surface area contributed by atoms with Gasteiger partial charge in [0.05, 0.1) is 22.0 Å². The highest BCUT2D eigenvalue weighted by Gasteiger charge is 2.30. The molecule has 5 nitrogen and oxygen atoms in total. The Morgan fingerprint density at radius 3 is 2.59 bits per heavy atom. The number of hydrazone groups is 1. The third-order valence-electron chi connectivity index (χ3n) is 4.09. The molecule has 10 heteroatoms. The minimum atomic E-state index is -4.44. The lowest BCUT2D eigenvalue weighted by atomic mass is 10.2. The largest absolute Gasteiger partial charge is 0.490 e. The van der Waals surface area contributed by atoms with Crippen LogP contribution in [-0.4, -0.2) is 17.8 Å². The van der Waals surface area contributed by atoms with Gasteiger partial charge < -0.3 is 9.47 Å². The number of rotatable bonds is 8. The first-order chi connectivity index (χ1) is 15.3. The molecule has 32 heavy (non-hydrogen) atoms. The first kappa shape index (κ1) is 23.8. The number of pyridine rings is 1. The molecule has 0 unspecified atom stereocenters. The maximum Gasteiger partial charge on any atom is 0.417 e. The van der Waals surface area contributed by atoms with Crippen LogP contribution >= 0.6 is 22.6 Å². The molecule has 0 bridgehead atoms. The molecule has 3 rings (SSSR count). The number of nitrogens with zero attached hydrogens (tertiary/aromatic N) is 2. The van der Waals surface area contributed by atoms with Gasteiger partial charge in [-0.3, -0.25) is 5.43 Å². The minimum absolute atomic E-state index is 0.169. The predicted octanol–water partition coefficient (Wildman–Crippen LogP) is 6.27. The van der Waals surface area contributed by atoms with Crippen LogP contribution in [0.15, 0.2) is 59.8 Å². The third kappa shape index (κ3) is 6.55. The van der Waals surface area contributed by atoms with Crippen molar-refractivity contribution < 1.29 is 27.0 Å². The number of halogens is 5. The van der Waals surface area contributed by atoms with Gasteiger partial charge >= 0.3 is 6.18 Å². The summed E-state index contributed by atoms with van der Waals surface area (Å²) in [7, 11) is 0. The summed E-state index contributed by atoms with van der Waals surface area (Å²) in [5.41, 5.74) is 3.11. The van der Waals surface area contributed by atoms with Crippen molar-refractivity contribution in [1.29, 1.82) is 0 Å². The number of benzene rings is 2. The molecule has 3 aromatic rings. The van der Waals surface area contributed by atoms with Gasteiger partial charge in [0.1, 0.15) is 18.2 Å². The fourth-order valence-corrected chi connectivity index (χ4v) is 3.43. The number of ether oxygens (including phenoxy) is 2. The van der Waals surface area contributed by atoms with Crippen LogP contribution in [0.3, 0.4) is 0 Å². The molecule has 0 aliphatic rings. The second-order valence-electron chi connectivity index (χ2n) is 6.48. The smallest absolute Gasteiger partial charge is 0.417 e. The number of hydrogen-bond donors (Lipinski definition) is 1. The lowest BCUT2D eigenvalue weighted by Gasteiger charge is -2.15. The molecular weight excluding hydrogens is 541 g/mol. The van der Waals surface area contributed by atoms with Crippen molar-refractivity contribution in [2.75, 3.05) is 12.0 Å². The summed E-state index contributed by atoms with van der Waals surface area (Å²) in [5.74, 6) is 0.840. The topological polar surface area (TPSA) is 55.7 Å². The molecule has 0 spiro atoms. The molecule has 0 fully saturated rings. The Kier molecular flexibility index (Phi) is 7.89. The molecule has 0 saturated carbocycles. The summed E-state index contributed by atoms with van der Waals surface area (Å²) in [4.78, 5) is 3.70. The Labute approximate surface area is 195 Å². The molecule has 2 aromatic carbocycles. The quantitative estimate of drug-likeness (QED) is 0.153. The summed E-state index contributed by atoms with van der Waals surface area (Å²) in [6, 6.07) is 11.8. The second kappa shape index (κ2) is 10.6. The zero-order chi connectivity index (χ0) is 23.1. The van der Waals surface area contributed by atoms with Gasteiger partial charge in [0.2, 0.25) is 0 Å². The Hall–Kier alpha value is -2.89. The van der Waals surface area contributed by atoms with Crippen LogP contribution in [0.5, 0.6) is 11.5 Å². The summed E-state index contributed by atoms with van der Waals surface area (Å²) < 4.78 is 63.5. The van der Waals surface area contributed by atoms with Crippen LogP contribution in [0.1, 0.15) is 23.6 Å². The molecule has 1 N–H and O–H groups in total. The van der Waals surface area contributed by atoms with Crippen LogP contribution in [0.2, 0.25) is 0 Å². The standard InChI is InChI=1S/C22H18F4IN3O2/c1-2-31-19-10-15(11-29-30-20-7-6-16(12-28-20)22(24,25)26)9-18(27)21(19)32-13-14-4-3-5-17(23)8-14/h3-12H,2,13H2,1H3,(H,28,30)/b29-11-. The molecular formula is C22H18F4IN3O2. The van der Waals surface area contributed by atoms with E-state index in [0.717, 1.165) is 15.8 Å². The van der Waals surface area contributed by atoms with Crippen LogP contribution < -0.4 is 14.9 Å². The van der Waals surface area contributed by atoms with Crippen molar-refractivity contribution in [3.8, 4) is 11.5 Å². The number of anilines is 1. The highest BCUT2D eigenvalue weighted by atomic mass is 127. The molecule has 0 amide bonds. The van der Waals surface area contributed by atoms with E-state index in [0.29, 0.717) is 29.2 Å². The van der Waals surface area contributed by atoms with E-state index in [1.165, 1.54) is 24.4 Å². The molecule has 0 atom stereocenters. The maximum absolute atomic E-state index is 13.4. The average Bonchev–Trinajstić information content (AvgIpc) is 2.73. The summed E-state index contributed by atoms with van der Waals surface area (Å²) >= 11 is 2.09. The van der Waals surface area contributed by atoms with E-state index in [9.17, 15) is 17.6 Å². The van der Waals surface area contributed by atoms with Crippen LogP contribution in [0, 0.1) is 9.39 Å². The van der Waals surface area contributed by atoms with Gasteiger partial charge in [-0.15, -0.1) is 0 Å². The molecule has 1 aromatic heterocycles. The van der Waals surface area contributed by atoms with Crippen molar-refractivity contribution in [2.24, 2.45) is 5.10 Å². The zero-order valence-corrected chi connectivity index (χ0v) is 18.9. The van der Waals surface area contributed by atoms with Gasteiger partial charge in [0, 0.05) is 6.20 Å². The fraction of sp³-hybridized carbons (Fsp3) is 0.182. The number of hydrogen-bond acceptors (Lipinski definition) is 5. The molecule has 168 valence electrons. The lowest BCUT2D eigenvalue weighted by Crippen LogP contribution is -2.05. The first-order valence-electron chi connectivity index (χ1n) is 9.42. The van der Waals surface area contributed by atoms with Crippen molar-refractivity contribution in [3.63, 3.8) is 0 Å². The van der Waals surface area contributed by atoms with Crippen LogP contribution in [-0.2, 0) is 12.8 Å². The number of nitrogens with one attached hydrogen (secondary N) is 1. The molecule has 0 aliphatic carbocycles. The van der Waals surface area contributed by atoms with E-state index in [-0.39, 0.29) is 18.2 Å². The van der Waals surface area contributed by atoms with Gasteiger partial charge in [0.25, 0.3) is 0 Å². The zero-order valence-electron chi connectivity index (χ0n) is 16.8. The Bertz CT molecular complexity index is 1090. The monoisotopic (exact) mass is 559 g/mol. The lowest BCUT2D eigenvalue weighted by molar-refractivity contribution is -0.137. The molecule has 0 aliphatic heterocycles. The predicted molar refractivity (Wildman–Crippen MR) is 122 cm³/mol. The van der Waals surface area contributed by atoms with Crippen molar-refractivity contribution in [2.45, 2.75) is 19.7 Å².